The van der Waals surface area contributed by atoms with E-state index >= 15 is 0 Å². The van der Waals surface area contributed by atoms with Crippen LogP contribution in [0.3, 0.4) is 0 Å². The summed E-state index contributed by atoms with van der Waals surface area (Å²) in [5, 5.41) is 0. The molecule has 2 aliphatic rings. The molecule has 1 atom stereocenters. The molecule has 1 aliphatic carbocycles. The van der Waals surface area contributed by atoms with Crippen LogP contribution in [0.4, 0.5) is 11.4 Å². The van der Waals surface area contributed by atoms with Crippen molar-refractivity contribution in [2.75, 3.05) is 4.90 Å². The van der Waals surface area contributed by atoms with E-state index in [4.69, 9.17) is 0 Å². The van der Waals surface area contributed by atoms with Gasteiger partial charge in [-0.05, 0) is 0 Å². The minimum atomic E-state index is 0. The molecular weight excluding hydrogens is 440 g/mol. The third-order valence-electron chi connectivity index (χ3n) is 5.03. The molecule has 3 aromatic carbocycles. The second-order valence-corrected chi connectivity index (χ2v) is 7.91. The van der Waals surface area contributed by atoms with Crippen LogP contribution in [0, 0.1) is 0 Å². The number of nitrogens with zero attached hydrogens (tertiary/aromatic N) is 1. The van der Waals surface area contributed by atoms with Crippen molar-refractivity contribution in [2.24, 2.45) is 0 Å². The SMILES string of the molecule is [Cl-].[Cl-].[Zr+2][CH]1C=Cc2c1cccc2N1Cc2ccccc2-c2ccccc21. The topological polar surface area (TPSA) is 3.24 Å². The number of hydrogen-bond acceptors (Lipinski definition) is 1. The maximum absolute atomic E-state index is 2.48. The Bertz CT molecular complexity index is 983. The molecular formula is C22H16Cl2NZr. The summed E-state index contributed by atoms with van der Waals surface area (Å²) in [6.45, 7) is 0.930. The molecule has 3 aromatic rings. The molecule has 0 fully saturated rings. The second-order valence-electron chi connectivity index (χ2n) is 6.38. The Kier molecular flexibility index (Phi) is 5.77. The molecule has 1 unspecified atom stereocenters. The fraction of sp³-hybridized carbons (Fsp3) is 0.0909. The summed E-state index contributed by atoms with van der Waals surface area (Å²) in [4.78, 5) is 2.48. The zero-order valence-electron chi connectivity index (χ0n) is 14.0. The average molecular weight is 457 g/mol. The summed E-state index contributed by atoms with van der Waals surface area (Å²) < 4.78 is 0.597. The zero-order valence-corrected chi connectivity index (χ0v) is 18.0. The van der Waals surface area contributed by atoms with Crippen molar-refractivity contribution in [3.05, 3.63) is 89.5 Å². The molecule has 127 valence electrons. The van der Waals surface area contributed by atoms with Crippen LogP contribution in [0.25, 0.3) is 17.2 Å². The van der Waals surface area contributed by atoms with Crippen molar-refractivity contribution in [1.29, 1.82) is 0 Å². The van der Waals surface area contributed by atoms with E-state index in [0.717, 1.165) is 6.54 Å². The van der Waals surface area contributed by atoms with Crippen molar-refractivity contribution >= 4 is 17.5 Å². The van der Waals surface area contributed by atoms with Crippen LogP contribution in [0.15, 0.2) is 72.8 Å². The summed E-state index contributed by atoms with van der Waals surface area (Å²) in [5.41, 5.74) is 9.61. The van der Waals surface area contributed by atoms with E-state index in [2.05, 4.69) is 83.8 Å². The van der Waals surface area contributed by atoms with Gasteiger partial charge in [0.15, 0.2) is 0 Å². The Balaban J connectivity index is 0.000000980. The van der Waals surface area contributed by atoms with Crippen LogP contribution in [0.2, 0.25) is 0 Å². The molecule has 0 N–H and O–H groups in total. The molecule has 0 aromatic heterocycles. The average Bonchev–Trinajstić information content (AvgIpc) is 3.02. The van der Waals surface area contributed by atoms with Gasteiger partial charge in [0.1, 0.15) is 0 Å². The van der Waals surface area contributed by atoms with Crippen molar-refractivity contribution in [3.63, 3.8) is 0 Å². The van der Waals surface area contributed by atoms with E-state index in [1.165, 1.54) is 39.2 Å². The van der Waals surface area contributed by atoms with E-state index in [0.29, 0.717) is 3.63 Å². The molecule has 1 nitrogen and oxygen atoms in total. The number of rotatable bonds is 1. The molecule has 0 radical (unpaired) electrons. The molecule has 4 heteroatoms. The van der Waals surface area contributed by atoms with Gasteiger partial charge in [0.2, 0.25) is 0 Å². The minimum absolute atomic E-state index is 0. The molecule has 0 bridgehead atoms. The zero-order chi connectivity index (χ0) is 16.1. The number of benzene rings is 3. The maximum atomic E-state index is 2.48. The van der Waals surface area contributed by atoms with Crippen molar-refractivity contribution in [2.45, 2.75) is 10.2 Å². The normalized spacial score (nSPS) is 16.1. The quantitative estimate of drug-likeness (QED) is 0.483. The summed E-state index contributed by atoms with van der Waals surface area (Å²) >= 11 is 1.56. The van der Waals surface area contributed by atoms with E-state index < -0.39 is 0 Å². The van der Waals surface area contributed by atoms with Crippen molar-refractivity contribution < 1.29 is 49.5 Å². The van der Waals surface area contributed by atoms with Gasteiger partial charge in [-0.2, -0.15) is 0 Å². The monoisotopic (exact) mass is 454 g/mol. The van der Waals surface area contributed by atoms with Crippen LogP contribution >= 0.6 is 0 Å². The van der Waals surface area contributed by atoms with Gasteiger partial charge in [0.25, 0.3) is 0 Å². The summed E-state index contributed by atoms with van der Waals surface area (Å²) in [6, 6.07) is 24.3. The molecule has 1 heterocycles. The number of allylic oxidation sites excluding steroid dienone is 1. The van der Waals surface area contributed by atoms with Crippen LogP contribution in [-0.2, 0) is 31.3 Å². The third-order valence-corrected chi connectivity index (χ3v) is 6.27. The van der Waals surface area contributed by atoms with E-state index in [9.17, 15) is 0 Å². The van der Waals surface area contributed by atoms with Crippen LogP contribution in [0.5, 0.6) is 0 Å². The number of hydrogen-bond donors (Lipinski definition) is 0. The third kappa shape index (κ3) is 2.99. The summed E-state index contributed by atoms with van der Waals surface area (Å²) in [5.74, 6) is 0. The first-order valence-electron chi connectivity index (χ1n) is 8.30. The van der Waals surface area contributed by atoms with Crippen LogP contribution < -0.4 is 29.7 Å². The van der Waals surface area contributed by atoms with Gasteiger partial charge in [0.05, 0.1) is 0 Å². The molecule has 26 heavy (non-hydrogen) atoms. The molecule has 5 rings (SSSR count). The Labute approximate surface area is 181 Å². The number of anilines is 2. The predicted molar refractivity (Wildman–Crippen MR) is 95.9 cm³/mol. The Morgan fingerprint density at radius 1 is 0.769 bits per heavy atom. The van der Waals surface area contributed by atoms with E-state index in [1.54, 1.807) is 24.7 Å². The first-order valence-corrected chi connectivity index (χ1v) is 9.72. The number of fused-ring (bicyclic) bond motifs is 4. The molecule has 0 saturated carbocycles. The predicted octanol–water partition coefficient (Wildman–Crippen LogP) is -0.372. The van der Waals surface area contributed by atoms with Gasteiger partial charge in [0, 0.05) is 0 Å². The summed E-state index contributed by atoms with van der Waals surface area (Å²) in [6.07, 6.45) is 4.66. The van der Waals surface area contributed by atoms with Gasteiger partial charge in [-0.1, -0.05) is 0 Å². The molecule has 0 saturated heterocycles. The fourth-order valence-electron chi connectivity index (χ4n) is 3.88. The van der Waals surface area contributed by atoms with E-state index in [1.807, 2.05) is 0 Å². The Hall–Kier alpha value is -1.34. The summed E-state index contributed by atoms with van der Waals surface area (Å²) in [7, 11) is 0. The molecule has 0 amide bonds. The van der Waals surface area contributed by atoms with Crippen molar-refractivity contribution in [1.82, 2.24) is 0 Å². The Morgan fingerprint density at radius 3 is 2.31 bits per heavy atom. The van der Waals surface area contributed by atoms with Gasteiger partial charge in [-0.3, -0.25) is 0 Å². The van der Waals surface area contributed by atoms with Crippen LogP contribution in [0.1, 0.15) is 20.3 Å². The van der Waals surface area contributed by atoms with Gasteiger partial charge >= 0.3 is 158 Å². The Morgan fingerprint density at radius 2 is 1.46 bits per heavy atom. The number of halogens is 2. The van der Waals surface area contributed by atoms with Gasteiger partial charge in [-0.25, -0.2) is 0 Å². The van der Waals surface area contributed by atoms with Crippen LogP contribution in [-0.4, -0.2) is 0 Å². The fourth-order valence-corrected chi connectivity index (χ4v) is 4.74. The number of para-hydroxylation sites is 1. The van der Waals surface area contributed by atoms with E-state index in [-0.39, 0.29) is 24.8 Å². The first-order chi connectivity index (χ1) is 11.8. The van der Waals surface area contributed by atoms with Gasteiger partial charge in [-0.15, -0.1) is 0 Å². The van der Waals surface area contributed by atoms with Crippen molar-refractivity contribution in [3.8, 4) is 11.1 Å². The van der Waals surface area contributed by atoms with Gasteiger partial charge < -0.3 is 24.8 Å². The first kappa shape index (κ1) is 19.4. The molecule has 1 aliphatic heterocycles. The molecule has 0 spiro atoms. The second kappa shape index (κ2) is 7.73. The standard InChI is InChI=1S/C22H16N.2ClH.Zr/c1-2-10-18-17(7-1)15-23(22-13-4-3-11-20(18)22)21-14-6-9-16-8-5-12-19(16)21;;;/h1-14H,15H2;2*1H;/q;;;+2/p-2.